The fraction of sp³-hybridized carbons (Fsp3) is 0.522. The summed E-state index contributed by atoms with van der Waals surface area (Å²) in [6, 6.07) is 3.72. The molecule has 1 aromatic carbocycles. The third-order valence-electron chi connectivity index (χ3n) is 7.12. The predicted octanol–water partition coefficient (Wildman–Crippen LogP) is 3.81. The highest BCUT2D eigenvalue weighted by Gasteiger charge is 2.60. The van der Waals surface area contributed by atoms with Crippen molar-refractivity contribution in [3.8, 4) is 0 Å². The van der Waals surface area contributed by atoms with Crippen molar-refractivity contribution in [2.24, 2.45) is 5.92 Å². The number of carbonyl (C=O) groups is 1. The van der Waals surface area contributed by atoms with E-state index in [1.54, 1.807) is 0 Å². The van der Waals surface area contributed by atoms with Crippen LogP contribution < -0.4 is 4.31 Å². The molecule has 1 aliphatic carbocycles. The molecule has 8 nitrogen and oxygen atoms in total. The van der Waals surface area contributed by atoms with Crippen LogP contribution in [0, 0.1) is 5.92 Å². The van der Waals surface area contributed by atoms with Gasteiger partial charge in [-0.15, -0.1) is 0 Å². The van der Waals surface area contributed by atoms with Gasteiger partial charge in [-0.25, -0.2) is 21.6 Å². The van der Waals surface area contributed by atoms with E-state index in [9.17, 15) is 35.5 Å². The average molecular weight is 532 g/mol. The Labute approximate surface area is 203 Å². The normalized spacial score (nSPS) is 24.0. The van der Waals surface area contributed by atoms with Crippen LogP contribution in [0.25, 0.3) is 0 Å². The smallest absolute Gasteiger partial charge is 0.387 e. The molecule has 1 saturated carbocycles. The third-order valence-corrected chi connectivity index (χ3v) is 10.7. The Bertz CT molecular complexity index is 1300. The zero-order chi connectivity index (χ0) is 25.8. The van der Waals surface area contributed by atoms with E-state index in [1.165, 1.54) is 42.4 Å². The molecular weight excluding hydrogens is 504 g/mol. The van der Waals surface area contributed by atoms with Gasteiger partial charge in [0.2, 0.25) is 0 Å². The maximum Gasteiger partial charge on any atom is 0.387 e. The molecule has 12 heteroatoms. The Hall–Kier alpha value is -2.47. The van der Waals surface area contributed by atoms with Crippen LogP contribution in [0.5, 0.6) is 0 Å². The molecule has 1 aromatic rings. The topological polar surface area (TPSA) is 118 Å². The molecule has 0 aromatic heterocycles. The number of halogens is 2. The first-order chi connectivity index (χ1) is 16.3. The first kappa shape index (κ1) is 25.6. The van der Waals surface area contributed by atoms with Crippen LogP contribution in [0.4, 0.5) is 14.5 Å². The van der Waals surface area contributed by atoms with Crippen LogP contribution in [0.2, 0.25) is 0 Å². The van der Waals surface area contributed by atoms with Crippen molar-refractivity contribution in [3.05, 3.63) is 52.1 Å². The van der Waals surface area contributed by atoms with E-state index in [1.807, 2.05) is 0 Å². The number of fused-ring (bicyclic) bond motifs is 2. The molecule has 0 radical (unpaired) electrons. The van der Waals surface area contributed by atoms with Crippen molar-refractivity contribution >= 4 is 31.5 Å². The van der Waals surface area contributed by atoms with Gasteiger partial charge in [0.1, 0.15) is 9.84 Å². The maximum atomic E-state index is 13.8. The summed E-state index contributed by atoms with van der Waals surface area (Å²) >= 11 is 0. The number of carboxylic acid groups (broad SMARTS) is 1. The zero-order valence-electron chi connectivity index (χ0n) is 19.3. The largest absolute Gasteiger partial charge is 0.478 e. The monoisotopic (exact) mass is 531 g/mol. The standard InChI is InChI=1S/C23H27F2NO7S2/c1-14(33-22(24)25)3-4-15(2)35(31,32)26-19-8-7-17(21(27)28)13-18(19)23(20(26)16-5-6-16)9-11-34(29,30)12-10-23/h3-4,7-8,13,16,20,22H,5-6,9-12H2,1-2H3,(H,27,28). The molecule has 35 heavy (non-hydrogen) atoms. The minimum absolute atomic E-state index is 0.000297. The van der Waals surface area contributed by atoms with Crippen LogP contribution in [0.15, 0.2) is 41.0 Å². The van der Waals surface area contributed by atoms with Crippen LogP contribution in [-0.2, 0) is 30.0 Å². The molecule has 0 bridgehead atoms. The number of benzene rings is 1. The molecule has 2 aliphatic heterocycles. The van der Waals surface area contributed by atoms with Gasteiger partial charge in [-0.3, -0.25) is 4.31 Å². The number of sulfone groups is 1. The highest BCUT2D eigenvalue weighted by atomic mass is 32.2. The number of carboxylic acids is 1. The summed E-state index contributed by atoms with van der Waals surface area (Å²) in [6.45, 7) is -0.397. The molecule has 1 unspecified atom stereocenters. The molecular formula is C23H27F2NO7S2. The van der Waals surface area contributed by atoms with Crippen LogP contribution in [0.1, 0.15) is 55.5 Å². The second-order valence-corrected chi connectivity index (χ2v) is 13.7. The second kappa shape index (κ2) is 8.88. The summed E-state index contributed by atoms with van der Waals surface area (Å²) in [6.07, 6.45) is 4.28. The van der Waals surface area contributed by atoms with E-state index in [-0.39, 0.29) is 46.5 Å². The number of ether oxygens (including phenoxy) is 1. The number of allylic oxidation sites excluding steroid dienone is 4. The van der Waals surface area contributed by atoms with Crippen molar-refractivity contribution in [1.29, 1.82) is 0 Å². The number of hydrogen-bond donors (Lipinski definition) is 1. The Morgan fingerprint density at radius 3 is 2.37 bits per heavy atom. The fourth-order valence-corrected chi connectivity index (χ4v) is 8.45. The van der Waals surface area contributed by atoms with Gasteiger partial charge in [0, 0.05) is 5.41 Å². The lowest BCUT2D eigenvalue weighted by atomic mass is 9.70. The molecule has 1 saturated heterocycles. The van der Waals surface area contributed by atoms with Gasteiger partial charge in [-0.1, -0.05) is 0 Å². The van der Waals surface area contributed by atoms with E-state index in [0.717, 1.165) is 18.9 Å². The van der Waals surface area contributed by atoms with Gasteiger partial charge in [0.15, 0.2) is 0 Å². The zero-order valence-corrected chi connectivity index (χ0v) is 20.9. The van der Waals surface area contributed by atoms with Crippen molar-refractivity contribution in [1.82, 2.24) is 0 Å². The SMILES string of the molecule is CC(=CC=C(C)S(=O)(=O)N1c2ccc(C(=O)O)cc2C2(CCS(=O)(=O)CC2)C1C1CC1)OC(F)F. The number of anilines is 1. The first-order valence-corrected chi connectivity index (χ1v) is 14.5. The number of alkyl halides is 2. The van der Waals surface area contributed by atoms with E-state index in [0.29, 0.717) is 11.3 Å². The number of hydrogen-bond acceptors (Lipinski definition) is 6. The van der Waals surface area contributed by atoms with Crippen LogP contribution >= 0.6 is 0 Å². The number of sulfonamides is 1. The molecule has 1 N–H and O–H groups in total. The van der Waals surface area contributed by atoms with Gasteiger partial charge < -0.3 is 9.84 Å². The third kappa shape index (κ3) is 4.69. The Morgan fingerprint density at radius 2 is 1.83 bits per heavy atom. The van der Waals surface area contributed by atoms with Crippen molar-refractivity contribution in [2.75, 3.05) is 15.8 Å². The Balaban J connectivity index is 1.85. The molecule has 192 valence electrons. The lowest BCUT2D eigenvalue weighted by Crippen LogP contribution is -2.52. The molecule has 1 spiro atoms. The van der Waals surface area contributed by atoms with Gasteiger partial charge in [0.05, 0.1) is 39.5 Å². The summed E-state index contributed by atoms with van der Waals surface area (Å²) < 4.78 is 82.7. The summed E-state index contributed by atoms with van der Waals surface area (Å²) in [5, 5.41) is 9.56. The highest BCUT2D eigenvalue weighted by molar-refractivity contribution is 7.96. The molecule has 2 heterocycles. The average Bonchev–Trinajstić information content (AvgIpc) is 3.56. The van der Waals surface area contributed by atoms with E-state index < -0.39 is 43.9 Å². The summed E-state index contributed by atoms with van der Waals surface area (Å²) in [5.41, 5.74) is 0.0441. The summed E-state index contributed by atoms with van der Waals surface area (Å²) in [4.78, 5) is 11.6. The maximum absolute atomic E-state index is 13.8. The molecule has 2 fully saturated rings. The summed E-state index contributed by atoms with van der Waals surface area (Å²) in [7, 11) is -7.44. The Kier molecular flexibility index (Phi) is 6.50. The number of rotatable bonds is 7. The van der Waals surface area contributed by atoms with Crippen molar-refractivity contribution in [3.63, 3.8) is 0 Å². The van der Waals surface area contributed by atoms with Gasteiger partial charge in [-0.2, -0.15) is 8.78 Å². The van der Waals surface area contributed by atoms with Gasteiger partial charge in [-0.05, 0) is 81.4 Å². The van der Waals surface area contributed by atoms with Crippen molar-refractivity contribution in [2.45, 2.75) is 57.6 Å². The van der Waals surface area contributed by atoms with E-state index >= 15 is 0 Å². The van der Waals surface area contributed by atoms with Gasteiger partial charge >= 0.3 is 12.6 Å². The highest BCUT2D eigenvalue weighted by Crippen LogP contribution is 2.59. The first-order valence-electron chi connectivity index (χ1n) is 11.2. The number of nitrogens with zero attached hydrogens (tertiary/aromatic N) is 1. The van der Waals surface area contributed by atoms with Crippen LogP contribution in [-0.4, -0.2) is 52.1 Å². The lowest BCUT2D eigenvalue weighted by molar-refractivity contribution is -0.0953. The minimum Gasteiger partial charge on any atom is -0.478 e. The Morgan fingerprint density at radius 1 is 1.20 bits per heavy atom. The lowest BCUT2D eigenvalue weighted by Gasteiger charge is -2.41. The fourth-order valence-electron chi connectivity index (χ4n) is 5.25. The number of aromatic carboxylic acids is 1. The van der Waals surface area contributed by atoms with Gasteiger partial charge in [0.25, 0.3) is 10.0 Å². The molecule has 4 rings (SSSR count). The van der Waals surface area contributed by atoms with E-state index in [2.05, 4.69) is 4.74 Å². The summed E-state index contributed by atoms with van der Waals surface area (Å²) in [5.74, 6) is -1.54. The molecule has 1 atom stereocenters. The van der Waals surface area contributed by atoms with E-state index in [4.69, 9.17) is 0 Å². The predicted molar refractivity (Wildman–Crippen MR) is 125 cm³/mol. The minimum atomic E-state index is -4.16. The van der Waals surface area contributed by atoms with Crippen molar-refractivity contribution < 1.29 is 40.3 Å². The quantitative estimate of drug-likeness (QED) is 0.420. The second-order valence-electron chi connectivity index (χ2n) is 9.36. The van der Waals surface area contributed by atoms with Crippen LogP contribution in [0.3, 0.4) is 0 Å². The molecule has 3 aliphatic rings. The molecule has 0 amide bonds.